The molecule has 0 aromatic carbocycles. The molecule has 0 saturated carbocycles. The number of allylic oxidation sites excluding steroid dienone is 2. The fourth-order valence-corrected chi connectivity index (χ4v) is 6.40. The van der Waals surface area contributed by atoms with Crippen LogP contribution in [0.1, 0.15) is 219 Å². The second kappa shape index (κ2) is 36.9. The summed E-state index contributed by atoms with van der Waals surface area (Å²) in [5, 5.41) is 33.3. The Hall–Kier alpha value is -0.910. The Morgan fingerprint density at radius 2 is 0.870 bits per heavy atom. The molecule has 0 rings (SSSR count). The topological polar surface area (TPSA) is 89.8 Å². The minimum Gasteiger partial charge on any atom is -0.394 e. The molecule has 5 nitrogen and oxygen atoms in total. The van der Waals surface area contributed by atoms with Crippen LogP contribution in [0.25, 0.3) is 0 Å². The van der Waals surface area contributed by atoms with Gasteiger partial charge in [-0.15, -0.1) is 0 Å². The van der Waals surface area contributed by atoms with Crippen molar-refractivity contribution in [1.29, 1.82) is 0 Å². The second-order valence-electron chi connectivity index (χ2n) is 14.2. The zero-order valence-corrected chi connectivity index (χ0v) is 31.0. The zero-order valence-electron chi connectivity index (χ0n) is 31.0. The number of carbonyl (C=O) groups is 1. The second-order valence-corrected chi connectivity index (χ2v) is 14.2. The molecule has 3 unspecified atom stereocenters. The van der Waals surface area contributed by atoms with Gasteiger partial charge in [-0.1, -0.05) is 187 Å². The highest BCUT2D eigenvalue weighted by Gasteiger charge is 2.21. The van der Waals surface area contributed by atoms with Crippen LogP contribution < -0.4 is 5.32 Å². The van der Waals surface area contributed by atoms with E-state index in [-0.39, 0.29) is 18.9 Å². The molecule has 0 aromatic rings. The van der Waals surface area contributed by atoms with Crippen molar-refractivity contribution in [3.05, 3.63) is 12.2 Å². The Balaban J connectivity index is 3.66. The summed E-state index contributed by atoms with van der Waals surface area (Å²) in [6, 6.07) is -0.659. The molecule has 0 aliphatic carbocycles. The van der Waals surface area contributed by atoms with Crippen LogP contribution in [0.3, 0.4) is 0 Å². The summed E-state index contributed by atoms with van der Waals surface area (Å²) >= 11 is 0. The number of nitrogens with one attached hydrogen (secondary N) is 1. The van der Waals surface area contributed by atoms with Crippen LogP contribution in [-0.4, -0.2) is 46.1 Å². The molecule has 274 valence electrons. The van der Waals surface area contributed by atoms with Crippen molar-refractivity contribution in [3.8, 4) is 0 Å². The quantitative estimate of drug-likeness (QED) is 0.0397. The minimum atomic E-state index is -0.749. The highest BCUT2D eigenvalue weighted by molar-refractivity contribution is 5.76. The van der Waals surface area contributed by atoms with E-state index < -0.39 is 18.2 Å². The lowest BCUT2D eigenvalue weighted by Gasteiger charge is -2.23. The van der Waals surface area contributed by atoms with Crippen molar-refractivity contribution in [2.75, 3.05) is 6.61 Å². The van der Waals surface area contributed by atoms with Crippen LogP contribution in [0.4, 0.5) is 0 Å². The van der Waals surface area contributed by atoms with Crippen molar-refractivity contribution < 1.29 is 20.1 Å². The third kappa shape index (κ3) is 33.0. The number of amides is 1. The highest BCUT2D eigenvalue weighted by atomic mass is 16.3. The number of aliphatic hydroxyl groups is 3. The van der Waals surface area contributed by atoms with E-state index >= 15 is 0 Å². The summed E-state index contributed by atoms with van der Waals surface area (Å²) in [5.41, 5.74) is 0. The number of rotatable bonds is 37. The van der Waals surface area contributed by atoms with Gasteiger partial charge in [0.25, 0.3) is 0 Å². The molecule has 0 aromatic heterocycles. The van der Waals surface area contributed by atoms with Crippen LogP contribution >= 0.6 is 0 Å². The van der Waals surface area contributed by atoms with Crippen molar-refractivity contribution in [2.24, 2.45) is 0 Å². The Kier molecular flexibility index (Phi) is 36.2. The van der Waals surface area contributed by atoms with Crippen LogP contribution in [0.5, 0.6) is 0 Å². The van der Waals surface area contributed by atoms with E-state index in [4.69, 9.17) is 0 Å². The first-order valence-corrected chi connectivity index (χ1v) is 20.5. The Morgan fingerprint density at radius 3 is 1.28 bits per heavy atom. The summed E-state index contributed by atoms with van der Waals surface area (Å²) in [7, 11) is 0. The number of unbranched alkanes of at least 4 members (excludes halogenated alkanes) is 26. The van der Waals surface area contributed by atoms with Crippen LogP contribution in [0.15, 0.2) is 12.2 Å². The fourth-order valence-electron chi connectivity index (χ4n) is 6.40. The lowest BCUT2D eigenvalue weighted by atomic mass is 10.0. The molecule has 46 heavy (non-hydrogen) atoms. The van der Waals surface area contributed by atoms with Crippen molar-refractivity contribution in [1.82, 2.24) is 5.32 Å². The number of hydrogen-bond acceptors (Lipinski definition) is 4. The number of hydrogen-bond donors (Lipinski definition) is 4. The lowest BCUT2D eigenvalue weighted by molar-refractivity contribution is -0.125. The van der Waals surface area contributed by atoms with Gasteiger partial charge in [-0.05, 0) is 38.5 Å². The molecule has 0 spiro atoms. The van der Waals surface area contributed by atoms with Crippen LogP contribution in [0, 0.1) is 0 Å². The predicted molar refractivity (Wildman–Crippen MR) is 199 cm³/mol. The summed E-state index contributed by atoms with van der Waals surface area (Å²) in [6.45, 7) is 4.26. The maximum atomic E-state index is 12.4. The highest BCUT2D eigenvalue weighted by Crippen LogP contribution is 2.16. The van der Waals surface area contributed by atoms with Gasteiger partial charge < -0.3 is 20.6 Å². The van der Waals surface area contributed by atoms with E-state index in [1.54, 1.807) is 0 Å². The summed E-state index contributed by atoms with van der Waals surface area (Å²) in [4.78, 5) is 12.4. The maximum Gasteiger partial charge on any atom is 0.222 e. The largest absolute Gasteiger partial charge is 0.394 e. The normalized spacial score (nSPS) is 13.8. The van der Waals surface area contributed by atoms with E-state index in [1.807, 2.05) is 0 Å². The molecule has 0 bridgehead atoms. The summed E-state index contributed by atoms with van der Waals surface area (Å²) in [5.74, 6) is -0.290. The molecule has 0 aliphatic rings. The number of aliphatic hydroxyl groups excluding tert-OH is 3. The van der Waals surface area contributed by atoms with Gasteiger partial charge in [0, 0.05) is 0 Å². The Labute approximate surface area is 287 Å². The third-order valence-corrected chi connectivity index (χ3v) is 9.58. The lowest BCUT2D eigenvalue weighted by Crippen LogP contribution is -2.46. The molecule has 3 atom stereocenters. The van der Waals surface area contributed by atoms with Gasteiger partial charge in [0.2, 0.25) is 5.91 Å². The fraction of sp³-hybridized carbons (Fsp3) is 0.927. The van der Waals surface area contributed by atoms with E-state index in [9.17, 15) is 20.1 Å². The minimum absolute atomic E-state index is 0.0286. The molecular weight excluding hydrogens is 570 g/mol. The molecule has 0 radical (unpaired) electrons. The Morgan fingerprint density at radius 1 is 0.522 bits per heavy atom. The first kappa shape index (κ1) is 45.1. The van der Waals surface area contributed by atoms with Gasteiger partial charge in [-0.25, -0.2) is 0 Å². The van der Waals surface area contributed by atoms with Crippen molar-refractivity contribution in [2.45, 2.75) is 238 Å². The monoisotopic (exact) mass is 652 g/mol. The average Bonchev–Trinajstić information content (AvgIpc) is 3.05. The SMILES string of the molecule is CCCCCCCCCCC/C=C\CCCCCC(O)CC(=O)NC(CO)C(O)CCCCCCCCCCCCCCCCC. The summed E-state index contributed by atoms with van der Waals surface area (Å²) in [6.07, 6.45) is 41.7. The third-order valence-electron chi connectivity index (χ3n) is 9.58. The zero-order chi connectivity index (χ0) is 33.8. The average molecular weight is 652 g/mol. The molecule has 5 heteroatoms. The van der Waals surface area contributed by atoms with Crippen LogP contribution in [-0.2, 0) is 4.79 Å². The molecule has 4 N–H and O–H groups in total. The van der Waals surface area contributed by atoms with E-state index in [1.165, 1.54) is 148 Å². The van der Waals surface area contributed by atoms with Gasteiger partial charge in [0.05, 0.1) is 31.3 Å². The van der Waals surface area contributed by atoms with E-state index in [2.05, 4.69) is 31.3 Å². The van der Waals surface area contributed by atoms with E-state index in [0.717, 1.165) is 38.5 Å². The molecule has 0 aliphatic heterocycles. The summed E-state index contributed by atoms with van der Waals surface area (Å²) < 4.78 is 0. The molecule has 1 amide bonds. The van der Waals surface area contributed by atoms with Gasteiger partial charge in [0.15, 0.2) is 0 Å². The smallest absolute Gasteiger partial charge is 0.222 e. The number of carbonyl (C=O) groups excluding carboxylic acids is 1. The van der Waals surface area contributed by atoms with Crippen LogP contribution in [0.2, 0.25) is 0 Å². The van der Waals surface area contributed by atoms with Gasteiger partial charge in [-0.3, -0.25) is 4.79 Å². The van der Waals surface area contributed by atoms with Gasteiger partial charge in [-0.2, -0.15) is 0 Å². The Bertz CT molecular complexity index is 640. The molecule has 0 heterocycles. The van der Waals surface area contributed by atoms with Gasteiger partial charge >= 0.3 is 0 Å². The van der Waals surface area contributed by atoms with E-state index in [0.29, 0.717) is 12.8 Å². The molecule has 0 saturated heterocycles. The standard InChI is InChI=1S/C41H81NO4/c1-3-5-7-9-11-13-15-17-19-21-22-24-26-28-30-32-34-38(44)36-41(46)42-39(37-43)40(45)35-33-31-29-27-25-23-20-18-16-14-12-10-8-6-4-2/h22,24,38-40,43-45H,3-21,23,25-37H2,1-2H3,(H,42,46)/b24-22-. The molecular formula is C41H81NO4. The molecule has 0 fully saturated rings. The maximum absolute atomic E-state index is 12.4. The van der Waals surface area contributed by atoms with Crippen molar-refractivity contribution >= 4 is 5.91 Å². The first-order valence-electron chi connectivity index (χ1n) is 20.5. The first-order chi connectivity index (χ1) is 22.5. The van der Waals surface area contributed by atoms with Gasteiger partial charge in [0.1, 0.15) is 0 Å². The predicted octanol–water partition coefficient (Wildman–Crippen LogP) is 11.3. The van der Waals surface area contributed by atoms with Crippen molar-refractivity contribution in [3.63, 3.8) is 0 Å².